The molecular formula is C23H18N4O4S. The van der Waals surface area contributed by atoms with Crippen LogP contribution in [0.1, 0.15) is 21.7 Å². The second-order valence-corrected chi connectivity index (χ2v) is 8.04. The SMILES string of the molecule is Cn1c(=O)c2sccc2n2c(COC(=O)c3ccc(COc4ccccc4)cc3)nnc12. The van der Waals surface area contributed by atoms with Gasteiger partial charge in [0.15, 0.2) is 12.4 Å². The summed E-state index contributed by atoms with van der Waals surface area (Å²) in [5.74, 6) is 1.16. The molecular weight excluding hydrogens is 428 g/mol. The Morgan fingerprint density at radius 1 is 1.00 bits per heavy atom. The number of thiophene rings is 1. The van der Waals surface area contributed by atoms with Crippen LogP contribution in [-0.2, 0) is 25.0 Å². The smallest absolute Gasteiger partial charge is 0.338 e. The van der Waals surface area contributed by atoms with Gasteiger partial charge < -0.3 is 9.47 Å². The van der Waals surface area contributed by atoms with Crippen molar-refractivity contribution in [3.05, 3.63) is 93.3 Å². The van der Waals surface area contributed by atoms with Crippen molar-refractivity contribution in [1.82, 2.24) is 19.2 Å². The number of aryl methyl sites for hydroxylation is 1. The second kappa shape index (κ2) is 8.27. The lowest BCUT2D eigenvalue weighted by Gasteiger charge is -2.08. The molecule has 0 saturated carbocycles. The minimum absolute atomic E-state index is 0.0674. The molecule has 9 heteroatoms. The molecule has 8 nitrogen and oxygen atoms in total. The summed E-state index contributed by atoms with van der Waals surface area (Å²) in [5.41, 5.74) is 1.94. The van der Waals surface area contributed by atoms with Gasteiger partial charge >= 0.3 is 5.97 Å². The van der Waals surface area contributed by atoms with E-state index < -0.39 is 5.97 Å². The van der Waals surface area contributed by atoms with Crippen LogP contribution in [0.4, 0.5) is 0 Å². The van der Waals surface area contributed by atoms with Crippen molar-refractivity contribution in [2.75, 3.05) is 0 Å². The highest BCUT2D eigenvalue weighted by molar-refractivity contribution is 7.17. The number of carbonyl (C=O) groups excluding carboxylic acids is 1. The maximum atomic E-state index is 12.5. The Labute approximate surface area is 186 Å². The molecule has 0 atom stereocenters. The number of carbonyl (C=O) groups is 1. The summed E-state index contributed by atoms with van der Waals surface area (Å²) in [7, 11) is 1.64. The molecule has 0 saturated heterocycles. The molecule has 0 aliphatic heterocycles. The molecule has 0 amide bonds. The van der Waals surface area contributed by atoms with E-state index in [1.165, 1.54) is 15.9 Å². The van der Waals surface area contributed by atoms with Gasteiger partial charge in [-0.1, -0.05) is 30.3 Å². The van der Waals surface area contributed by atoms with Crippen molar-refractivity contribution in [3.8, 4) is 5.75 Å². The standard InChI is InChI=1S/C23H18N4O4S/c1-26-21(28)20-18(11-12-32-20)27-19(24-25-23(26)27)14-31-22(29)16-9-7-15(8-10-16)13-30-17-5-3-2-4-6-17/h2-12H,13-14H2,1H3. The van der Waals surface area contributed by atoms with Crippen molar-refractivity contribution in [3.63, 3.8) is 0 Å². The van der Waals surface area contributed by atoms with Gasteiger partial charge in [0.2, 0.25) is 5.78 Å². The molecule has 0 unspecified atom stereocenters. The first-order chi connectivity index (χ1) is 15.6. The Bertz CT molecular complexity index is 1470. The van der Waals surface area contributed by atoms with Crippen LogP contribution in [0.3, 0.4) is 0 Å². The summed E-state index contributed by atoms with van der Waals surface area (Å²) in [6.07, 6.45) is 0. The van der Waals surface area contributed by atoms with E-state index in [1.807, 2.05) is 53.9 Å². The zero-order chi connectivity index (χ0) is 22.1. The van der Waals surface area contributed by atoms with E-state index in [2.05, 4.69) is 10.2 Å². The van der Waals surface area contributed by atoms with Crippen LogP contribution < -0.4 is 10.3 Å². The largest absolute Gasteiger partial charge is 0.489 e. The van der Waals surface area contributed by atoms with E-state index in [9.17, 15) is 9.59 Å². The Balaban J connectivity index is 1.29. The maximum absolute atomic E-state index is 12.5. The predicted octanol–water partition coefficient (Wildman–Crippen LogP) is 3.58. The monoisotopic (exact) mass is 446 g/mol. The third kappa shape index (κ3) is 3.63. The molecule has 0 radical (unpaired) electrons. The fraction of sp³-hybridized carbons (Fsp3) is 0.130. The quantitative estimate of drug-likeness (QED) is 0.371. The van der Waals surface area contributed by atoms with Crippen molar-refractivity contribution >= 4 is 33.3 Å². The van der Waals surface area contributed by atoms with Gasteiger partial charge in [-0.05, 0) is 41.3 Å². The summed E-state index contributed by atoms with van der Waals surface area (Å²) in [6.45, 7) is 0.336. The fourth-order valence-electron chi connectivity index (χ4n) is 3.38. The minimum Gasteiger partial charge on any atom is -0.489 e. The van der Waals surface area contributed by atoms with Crippen LogP contribution in [-0.4, -0.2) is 25.1 Å². The molecule has 32 heavy (non-hydrogen) atoms. The third-order valence-corrected chi connectivity index (χ3v) is 5.96. The average Bonchev–Trinajstić information content (AvgIpc) is 3.48. The predicted molar refractivity (Wildman–Crippen MR) is 120 cm³/mol. The summed E-state index contributed by atoms with van der Waals surface area (Å²) in [5, 5.41) is 10.1. The van der Waals surface area contributed by atoms with E-state index in [-0.39, 0.29) is 12.2 Å². The summed E-state index contributed by atoms with van der Waals surface area (Å²) in [6, 6.07) is 18.4. The fourth-order valence-corrected chi connectivity index (χ4v) is 4.23. The number of aromatic nitrogens is 4. The van der Waals surface area contributed by atoms with E-state index in [0.717, 1.165) is 11.3 Å². The van der Waals surface area contributed by atoms with Gasteiger partial charge in [-0.15, -0.1) is 21.5 Å². The highest BCUT2D eigenvalue weighted by Gasteiger charge is 2.17. The van der Waals surface area contributed by atoms with E-state index in [1.54, 1.807) is 23.6 Å². The minimum atomic E-state index is -0.469. The Morgan fingerprint density at radius 2 is 1.78 bits per heavy atom. The first-order valence-electron chi connectivity index (χ1n) is 9.86. The number of hydrogen-bond donors (Lipinski definition) is 0. The maximum Gasteiger partial charge on any atom is 0.338 e. The summed E-state index contributed by atoms with van der Waals surface area (Å²) < 4.78 is 15.0. The first kappa shape index (κ1) is 20.0. The van der Waals surface area contributed by atoms with Crippen molar-refractivity contribution in [2.24, 2.45) is 7.05 Å². The number of ether oxygens (including phenoxy) is 2. The second-order valence-electron chi connectivity index (χ2n) is 7.13. The number of hydrogen-bond acceptors (Lipinski definition) is 7. The summed E-state index contributed by atoms with van der Waals surface area (Å²) in [4.78, 5) is 25.0. The molecule has 5 aromatic rings. The van der Waals surface area contributed by atoms with Crippen LogP contribution in [0.5, 0.6) is 5.75 Å². The number of esters is 1. The number of nitrogens with zero attached hydrogens (tertiary/aromatic N) is 4. The molecule has 2 aromatic carbocycles. The molecule has 3 heterocycles. The van der Waals surface area contributed by atoms with Crippen LogP contribution in [0.2, 0.25) is 0 Å². The van der Waals surface area contributed by atoms with Gasteiger partial charge in [-0.25, -0.2) is 4.79 Å². The molecule has 5 rings (SSSR count). The molecule has 0 fully saturated rings. The number of para-hydroxylation sites is 1. The van der Waals surface area contributed by atoms with Gasteiger partial charge in [0, 0.05) is 7.05 Å². The van der Waals surface area contributed by atoms with Crippen LogP contribution >= 0.6 is 11.3 Å². The van der Waals surface area contributed by atoms with E-state index >= 15 is 0 Å². The number of benzene rings is 2. The zero-order valence-electron chi connectivity index (χ0n) is 17.1. The molecule has 0 aliphatic rings. The summed E-state index contributed by atoms with van der Waals surface area (Å²) >= 11 is 1.35. The average molecular weight is 446 g/mol. The van der Waals surface area contributed by atoms with Crippen LogP contribution in [0, 0.1) is 0 Å². The molecule has 0 bridgehead atoms. The van der Waals surface area contributed by atoms with E-state index in [4.69, 9.17) is 9.47 Å². The Hall–Kier alpha value is -3.98. The molecule has 160 valence electrons. The van der Waals surface area contributed by atoms with Crippen LogP contribution in [0.15, 0.2) is 70.8 Å². The Kier molecular flexibility index (Phi) is 5.16. The van der Waals surface area contributed by atoms with Gasteiger partial charge in [0.05, 0.1) is 11.1 Å². The topological polar surface area (TPSA) is 87.7 Å². The molecule has 0 spiro atoms. The zero-order valence-corrected chi connectivity index (χ0v) is 17.9. The first-order valence-corrected chi connectivity index (χ1v) is 10.7. The molecule has 3 aromatic heterocycles. The highest BCUT2D eigenvalue weighted by atomic mass is 32.1. The third-order valence-electron chi connectivity index (χ3n) is 5.07. The van der Waals surface area contributed by atoms with Crippen molar-refractivity contribution < 1.29 is 14.3 Å². The Morgan fingerprint density at radius 3 is 2.56 bits per heavy atom. The lowest BCUT2D eigenvalue weighted by atomic mass is 10.1. The number of rotatable bonds is 6. The molecule has 0 aliphatic carbocycles. The highest BCUT2D eigenvalue weighted by Crippen LogP contribution is 2.20. The number of fused-ring (bicyclic) bond motifs is 3. The van der Waals surface area contributed by atoms with Crippen LogP contribution in [0.25, 0.3) is 16.0 Å². The molecule has 0 N–H and O–H groups in total. The van der Waals surface area contributed by atoms with E-state index in [0.29, 0.717) is 34.0 Å². The van der Waals surface area contributed by atoms with Crippen molar-refractivity contribution in [2.45, 2.75) is 13.2 Å². The lowest BCUT2D eigenvalue weighted by Crippen LogP contribution is -2.19. The van der Waals surface area contributed by atoms with Crippen molar-refractivity contribution in [1.29, 1.82) is 0 Å². The van der Waals surface area contributed by atoms with Gasteiger partial charge in [0.25, 0.3) is 5.56 Å². The normalized spacial score (nSPS) is 11.2. The van der Waals surface area contributed by atoms with Gasteiger partial charge in [-0.2, -0.15) is 0 Å². The lowest BCUT2D eigenvalue weighted by molar-refractivity contribution is 0.0461. The van der Waals surface area contributed by atoms with Gasteiger partial charge in [-0.3, -0.25) is 13.8 Å². The van der Waals surface area contributed by atoms with Gasteiger partial charge in [0.1, 0.15) is 17.1 Å².